The maximum absolute atomic E-state index is 14.1. The number of aromatic nitrogens is 2. The van der Waals surface area contributed by atoms with Crippen LogP contribution in [-0.4, -0.2) is 46.0 Å². The summed E-state index contributed by atoms with van der Waals surface area (Å²) in [6.45, 7) is 2.05. The Morgan fingerprint density at radius 3 is 2.95 bits per heavy atom. The third kappa shape index (κ3) is 3.04. The van der Waals surface area contributed by atoms with Gasteiger partial charge in [-0.1, -0.05) is 6.92 Å². The van der Waals surface area contributed by atoms with Gasteiger partial charge in [0.1, 0.15) is 11.9 Å². The largest absolute Gasteiger partial charge is 0.384 e. The molecular weight excluding hydrogens is 288 g/mol. The van der Waals surface area contributed by atoms with Gasteiger partial charge in [-0.25, -0.2) is 4.79 Å². The number of ether oxygens (including phenoxy) is 2. The molecule has 1 fully saturated rings. The molecular formula is C12H17F2N3O4. The molecule has 0 aliphatic carbocycles. The second-order valence-electron chi connectivity index (χ2n) is 4.76. The van der Waals surface area contributed by atoms with Gasteiger partial charge in [0.05, 0.1) is 6.61 Å². The van der Waals surface area contributed by atoms with Gasteiger partial charge in [0.15, 0.2) is 6.10 Å². The summed E-state index contributed by atoms with van der Waals surface area (Å²) in [7, 11) is 0. The molecule has 2 heterocycles. The average molecular weight is 305 g/mol. The van der Waals surface area contributed by atoms with Crippen LogP contribution in [0.25, 0.3) is 0 Å². The number of hydrogen-bond donors (Lipinski definition) is 2. The second-order valence-corrected chi connectivity index (χ2v) is 4.76. The zero-order valence-electron chi connectivity index (χ0n) is 11.4. The van der Waals surface area contributed by atoms with Gasteiger partial charge in [-0.15, -0.1) is 0 Å². The first kappa shape index (κ1) is 15.8. The Hall–Kier alpha value is -1.58. The van der Waals surface area contributed by atoms with Crippen molar-refractivity contribution in [3.05, 3.63) is 22.7 Å². The van der Waals surface area contributed by atoms with Crippen molar-refractivity contribution in [2.45, 2.75) is 37.7 Å². The van der Waals surface area contributed by atoms with Gasteiger partial charge in [0.25, 0.3) is 0 Å². The molecule has 1 saturated heterocycles. The molecule has 0 spiro atoms. The van der Waals surface area contributed by atoms with E-state index in [1.165, 1.54) is 6.07 Å². The molecule has 9 heteroatoms. The average Bonchev–Trinajstić information content (AvgIpc) is 2.63. The van der Waals surface area contributed by atoms with E-state index in [1.54, 1.807) is 0 Å². The lowest BCUT2D eigenvalue weighted by molar-refractivity contribution is -0.141. The van der Waals surface area contributed by atoms with E-state index >= 15 is 0 Å². The van der Waals surface area contributed by atoms with Gasteiger partial charge >= 0.3 is 11.6 Å². The van der Waals surface area contributed by atoms with E-state index < -0.39 is 30.0 Å². The Morgan fingerprint density at radius 1 is 1.62 bits per heavy atom. The predicted octanol–water partition coefficient (Wildman–Crippen LogP) is 0.146. The molecule has 118 valence electrons. The van der Waals surface area contributed by atoms with Crippen molar-refractivity contribution >= 4 is 5.82 Å². The summed E-state index contributed by atoms with van der Waals surface area (Å²) in [6.07, 6.45) is -3.46. The molecule has 3 N–H and O–H groups in total. The minimum atomic E-state index is -3.64. The zero-order chi connectivity index (χ0) is 15.6. The highest BCUT2D eigenvalue weighted by Crippen LogP contribution is 2.42. The number of rotatable bonds is 5. The van der Waals surface area contributed by atoms with E-state index in [1.807, 2.05) is 6.92 Å². The van der Waals surface area contributed by atoms with Crippen molar-refractivity contribution in [3.63, 3.8) is 0 Å². The topological polar surface area (TPSA) is 99.6 Å². The van der Waals surface area contributed by atoms with Gasteiger partial charge in [0.2, 0.25) is 6.23 Å². The van der Waals surface area contributed by atoms with E-state index in [9.17, 15) is 18.7 Å². The first-order valence-corrected chi connectivity index (χ1v) is 6.51. The maximum Gasteiger partial charge on any atom is 0.351 e. The monoisotopic (exact) mass is 305 g/mol. The summed E-state index contributed by atoms with van der Waals surface area (Å²) in [4.78, 5) is 15.0. The molecule has 7 nitrogen and oxygen atoms in total. The quantitative estimate of drug-likeness (QED) is 0.751. The molecule has 1 aromatic rings. The molecule has 1 aliphatic rings. The SMILES string of the molecule is CCCOC[C@H]1O[C@@H](n2ccc(N)nc2=O)C(F)(F)C1O. The second kappa shape index (κ2) is 6.04. The lowest BCUT2D eigenvalue weighted by Gasteiger charge is -2.20. The smallest absolute Gasteiger partial charge is 0.351 e. The van der Waals surface area contributed by atoms with E-state index in [2.05, 4.69) is 4.98 Å². The van der Waals surface area contributed by atoms with Crippen LogP contribution in [-0.2, 0) is 9.47 Å². The molecule has 3 atom stereocenters. The third-order valence-corrected chi connectivity index (χ3v) is 3.11. The summed E-state index contributed by atoms with van der Waals surface area (Å²) in [6, 6.07) is 1.20. The normalized spacial score (nSPS) is 27.9. The Balaban J connectivity index is 2.21. The van der Waals surface area contributed by atoms with Gasteiger partial charge in [-0.2, -0.15) is 13.8 Å². The Morgan fingerprint density at radius 2 is 2.33 bits per heavy atom. The van der Waals surface area contributed by atoms with Crippen molar-refractivity contribution in [1.82, 2.24) is 9.55 Å². The number of anilines is 1. The Bertz CT molecular complexity index is 552. The number of halogens is 2. The molecule has 0 bridgehead atoms. The van der Waals surface area contributed by atoms with Gasteiger partial charge < -0.3 is 20.3 Å². The highest BCUT2D eigenvalue weighted by Gasteiger charge is 2.59. The van der Waals surface area contributed by atoms with E-state index in [0.717, 1.165) is 6.20 Å². The Labute approximate surface area is 119 Å². The van der Waals surface area contributed by atoms with Crippen LogP contribution in [0.15, 0.2) is 17.1 Å². The van der Waals surface area contributed by atoms with Gasteiger partial charge in [0, 0.05) is 12.8 Å². The van der Waals surface area contributed by atoms with Crippen LogP contribution in [0.2, 0.25) is 0 Å². The minimum absolute atomic E-state index is 0.0825. The van der Waals surface area contributed by atoms with Gasteiger partial charge in [-0.3, -0.25) is 4.57 Å². The van der Waals surface area contributed by atoms with Crippen molar-refractivity contribution in [2.24, 2.45) is 0 Å². The van der Waals surface area contributed by atoms with Crippen molar-refractivity contribution in [1.29, 1.82) is 0 Å². The predicted molar refractivity (Wildman–Crippen MR) is 68.9 cm³/mol. The highest BCUT2D eigenvalue weighted by molar-refractivity contribution is 5.23. The molecule has 0 amide bonds. The number of hydrogen-bond acceptors (Lipinski definition) is 6. The number of nitrogens with zero attached hydrogens (tertiary/aromatic N) is 2. The Kier molecular flexibility index (Phi) is 4.55. The zero-order valence-corrected chi connectivity index (χ0v) is 11.4. The first-order valence-electron chi connectivity index (χ1n) is 6.51. The number of aliphatic hydroxyl groups is 1. The molecule has 0 radical (unpaired) electrons. The molecule has 0 saturated carbocycles. The molecule has 1 aromatic heterocycles. The minimum Gasteiger partial charge on any atom is -0.384 e. The first-order chi connectivity index (χ1) is 9.87. The fourth-order valence-corrected chi connectivity index (χ4v) is 2.05. The number of nitrogens with two attached hydrogens (primary N) is 1. The number of alkyl halides is 2. The highest BCUT2D eigenvalue weighted by atomic mass is 19.3. The van der Waals surface area contributed by atoms with Crippen molar-refractivity contribution < 1.29 is 23.4 Å². The van der Waals surface area contributed by atoms with Crippen LogP contribution >= 0.6 is 0 Å². The van der Waals surface area contributed by atoms with Crippen LogP contribution in [0.1, 0.15) is 19.6 Å². The summed E-state index contributed by atoms with van der Waals surface area (Å²) >= 11 is 0. The van der Waals surface area contributed by atoms with Gasteiger partial charge in [-0.05, 0) is 12.5 Å². The van der Waals surface area contributed by atoms with Crippen LogP contribution in [0.4, 0.5) is 14.6 Å². The lowest BCUT2D eigenvalue weighted by Crippen LogP contribution is -2.42. The molecule has 1 unspecified atom stereocenters. The fourth-order valence-electron chi connectivity index (χ4n) is 2.05. The number of nitrogen functional groups attached to an aromatic ring is 1. The standard InChI is InChI=1S/C12H17F2N3O4/c1-2-5-20-6-7-9(18)12(13,14)10(21-7)17-4-3-8(15)16-11(17)19/h3-4,7,9-10,18H,2,5-6H2,1H3,(H2,15,16,19)/t7-,9?,10-/m1/s1. The van der Waals surface area contributed by atoms with E-state index in [0.29, 0.717) is 17.6 Å². The molecule has 2 rings (SSSR count). The summed E-state index contributed by atoms with van der Waals surface area (Å²) in [5.41, 5.74) is 4.34. The van der Waals surface area contributed by atoms with Crippen LogP contribution in [0, 0.1) is 0 Å². The fraction of sp³-hybridized carbons (Fsp3) is 0.667. The molecule has 1 aliphatic heterocycles. The molecule has 0 aromatic carbocycles. The van der Waals surface area contributed by atoms with Crippen molar-refractivity contribution in [2.75, 3.05) is 18.9 Å². The van der Waals surface area contributed by atoms with Crippen LogP contribution in [0.3, 0.4) is 0 Å². The lowest BCUT2D eigenvalue weighted by atomic mass is 10.1. The third-order valence-electron chi connectivity index (χ3n) is 3.11. The summed E-state index contributed by atoms with van der Waals surface area (Å²) in [5.74, 6) is -3.72. The van der Waals surface area contributed by atoms with E-state index in [4.69, 9.17) is 15.2 Å². The maximum atomic E-state index is 14.1. The van der Waals surface area contributed by atoms with Crippen molar-refractivity contribution in [3.8, 4) is 0 Å². The van der Waals surface area contributed by atoms with Crippen LogP contribution in [0.5, 0.6) is 0 Å². The van der Waals surface area contributed by atoms with Crippen LogP contribution < -0.4 is 11.4 Å². The number of aliphatic hydroxyl groups excluding tert-OH is 1. The summed E-state index contributed by atoms with van der Waals surface area (Å²) < 4.78 is 39.0. The van der Waals surface area contributed by atoms with E-state index in [-0.39, 0.29) is 12.4 Å². The summed E-state index contributed by atoms with van der Waals surface area (Å²) in [5, 5.41) is 9.68. The molecule has 21 heavy (non-hydrogen) atoms.